The van der Waals surface area contributed by atoms with E-state index >= 15 is 0 Å². The lowest BCUT2D eigenvalue weighted by Crippen LogP contribution is -2.11. The lowest BCUT2D eigenvalue weighted by Gasteiger charge is -2.19. The molecule has 0 aromatic carbocycles. The first kappa shape index (κ1) is 15.4. The Kier molecular flexibility index (Phi) is 6.29. The van der Waals surface area contributed by atoms with E-state index in [0.717, 1.165) is 15.1 Å². The van der Waals surface area contributed by atoms with Crippen molar-refractivity contribution in [2.45, 2.75) is 57.5 Å². The van der Waals surface area contributed by atoms with Gasteiger partial charge in [0.2, 0.25) is 0 Å². The van der Waals surface area contributed by atoms with E-state index < -0.39 is 0 Å². The van der Waals surface area contributed by atoms with E-state index in [-0.39, 0.29) is 0 Å². The van der Waals surface area contributed by atoms with Crippen molar-refractivity contribution in [2.24, 2.45) is 0 Å². The van der Waals surface area contributed by atoms with Crippen LogP contribution in [0.5, 0.6) is 0 Å². The first-order valence-corrected chi connectivity index (χ1v) is 8.38. The highest BCUT2D eigenvalue weighted by Gasteiger charge is 2.19. The van der Waals surface area contributed by atoms with E-state index in [1.807, 2.05) is 0 Å². The van der Waals surface area contributed by atoms with Crippen molar-refractivity contribution in [1.29, 1.82) is 0 Å². The van der Waals surface area contributed by atoms with Crippen molar-refractivity contribution in [3.8, 4) is 0 Å². The molecule has 1 saturated carbocycles. The van der Waals surface area contributed by atoms with Crippen LogP contribution in [0, 0.1) is 3.57 Å². The zero-order valence-electron chi connectivity index (χ0n) is 11.3. The highest BCUT2D eigenvalue weighted by molar-refractivity contribution is 14.1. The summed E-state index contributed by atoms with van der Waals surface area (Å²) in [7, 11) is 1.68. The van der Waals surface area contributed by atoms with Gasteiger partial charge in [0, 0.05) is 13.0 Å². The van der Waals surface area contributed by atoms with Gasteiger partial charge in [0.15, 0.2) is 0 Å². The molecule has 0 aliphatic heterocycles. The maximum Gasteiger partial charge on any atom is 0.146 e. The number of hydrogen-bond acceptors (Lipinski definition) is 3. The monoisotopic (exact) mass is 394 g/mol. The zero-order chi connectivity index (χ0) is 13.7. The predicted octanol–water partition coefficient (Wildman–Crippen LogP) is 4.71. The fourth-order valence-corrected chi connectivity index (χ4v) is 3.20. The Morgan fingerprint density at radius 3 is 2.42 bits per heavy atom. The smallest absolute Gasteiger partial charge is 0.146 e. The number of rotatable bonds is 3. The molecule has 0 amide bonds. The molecule has 5 heteroatoms. The summed E-state index contributed by atoms with van der Waals surface area (Å²) in [6, 6.07) is 0. The van der Waals surface area contributed by atoms with Crippen LogP contribution in [0.4, 0.5) is 0 Å². The summed E-state index contributed by atoms with van der Waals surface area (Å²) in [6.45, 7) is 0.500. The molecular formula is C14H20ClIN2O. The average molecular weight is 395 g/mol. The van der Waals surface area contributed by atoms with Crippen molar-refractivity contribution < 1.29 is 4.74 Å². The third kappa shape index (κ3) is 4.26. The average Bonchev–Trinajstić information content (AvgIpc) is 2.34. The van der Waals surface area contributed by atoms with Gasteiger partial charge >= 0.3 is 0 Å². The lowest BCUT2D eigenvalue weighted by molar-refractivity contribution is 0.180. The van der Waals surface area contributed by atoms with Gasteiger partial charge in [-0.2, -0.15) is 0 Å². The maximum atomic E-state index is 6.23. The van der Waals surface area contributed by atoms with Crippen molar-refractivity contribution in [2.75, 3.05) is 7.11 Å². The van der Waals surface area contributed by atoms with Gasteiger partial charge in [0.1, 0.15) is 11.0 Å². The van der Waals surface area contributed by atoms with E-state index in [1.54, 1.807) is 7.11 Å². The Morgan fingerprint density at radius 2 is 1.79 bits per heavy atom. The minimum absolute atomic E-state index is 0.463. The molecule has 0 spiro atoms. The largest absolute Gasteiger partial charge is 0.378 e. The summed E-state index contributed by atoms with van der Waals surface area (Å²) < 4.78 is 6.11. The molecule has 0 radical (unpaired) electrons. The third-order valence-corrected chi connectivity index (χ3v) is 5.37. The molecule has 3 nitrogen and oxygen atoms in total. The second-order valence-corrected chi connectivity index (χ2v) is 6.55. The zero-order valence-corrected chi connectivity index (χ0v) is 14.2. The highest BCUT2D eigenvalue weighted by Crippen LogP contribution is 2.31. The van der Waals surface area contributed by atoms with Gasteiger partial charge in [-0.15, -0.1) is 0 Å². The molecule has 106 valence electrons. The van der Waals surface area contributed by atoms with E-state index in [4.69, 9.17) is 21.3 Å². The van der Waals surface area contributed by atoms with E-state index in [1.165, 1.54) is 44.9 Å². The van der Waals surface area contributed by atoms with Gasteiger partial charge in [-0.05, 0) is 35.4 Å². The van der Waals surface area contributed by atoms with Crippen LogP contribution in [0.2, 0.25) is 5.15 Å². The minimum Gasteiger partial charge on any atom is -0.378 e. The Labute approximate surface area is 133 Å². The first-order chi connectivity index (χ1) is 9.22. The second kappa shape index (κ2) is 7.74. The quantitative estimate of drug-likeness (QED) is 0.550. The fraction of sp³-hybridized carbons (Fsp3) is 0.714. The van der Waals surface area contributed by atoms with Gasteiger partial charge < -0.3 is 4.74 Å². The van der Waals surface area contributed by atoms with Crippen molar-refractivity contribution in [3.63, 3.8) is 0 Å². The van der Waals surface area contributed by atoms with Crippen molar-refractivity contribution >= 4 is 34.2 Å². The molecule has 2 rings (SSSR count). The molecule has 19 heavy (non-hydrogen) atoms. The van der Waals surface area contributed by atoms with Crippen LogP contribution in [-0.2, 0) is 11.3 Å². The van der Waals surface area contributed by atoms with Crippen LogP contribution < -0.4 is 0 Å². The van der Waals surface area contributed by atoms with Crippen LogP contribution in [0.15, 0.2) is 0 Å². The normalized spacial score (nSPS) is 18.1. The van der Waals surface area contributed by atoms with Gasteiger partial charge in [0.05, 0.1) is 15.9 Å². The van der Waals surface area contributed by atoms with Crippen LogP contribution in [0.1, 0.15) is 62.4 Å². The molecule has 1 fully saturated rings. The third-order valence-electron chi connectivity index (χ3n) is 3.65. The standard InChI is InChI=1S/C14H20ClIN2O/c1-19-9-11-12(16)13(15)18-14(17-11)10-7-5-3-2-4-6-8-10/h10H,2-9H2,1H3. The second-order valence-electron chi connectivity index (χ2n) is 5.11. The van der Waals surface area contributed by atoms with Gasteiger partial charge in [-0.25, -0.2) is 9.97 Å². The Hall–Kier alpha value is 0.0600. The Balaban J connectivity index is 2.22. The number of aromatic nitrogens is 2. The van der Waals surface area contributed by atoms with Crippen LogP contribution in [-0.4, -0.2) is 17.1 Å². The topological polar surface area (TPSA) is 35.0 Å². The summed E-state index contributed by atoms with van der Waals surface area (Å²) in [5, 5.41) is 0.569. The summed E-state index contributed by atoms with van der Waals surface area (Å²) >= 11 is 8.43. The number of methoxy groups -OCH3 is 1. The molecule has 0 bridgehead atoms. The lowest BCUT2D eigenvalue weighted by atomic mass is 9.90. The molecular weight excluding hydrogens is 375 g/mol. The van der Waals surface area contributed by atoms with E-state index in [9.17, 15) is 0 Å². The van der Waals surface area contributed by atoms with E-state index in [2.05, 4.69) is 27.6 Å². The summed E-state index contributed by atoms with van der Waals surface area (Å²) in [5.74, 6) is 1.38. The molecule has 0 saturated heterocycles. The maximum absolute atomic E-state index is 6.23. The SMILES string of the molecule is COCc1nc(C2CCCCCCC2)nc(Cl)c1I. The van der Waals surface area contributed by atoms with Gasteiger partial charge in [0.25, 0.3) is 0 Å². The molecule has 1 aliphatic rings. The van der Waals surface area contributed by atoms with Crippen molar-refractivity contribution in [3.05, 3.63) is 20.2 Å². The molecule has 0 atom stereocenters. The van der Waals surface area contributed by atoms with Crippen LogP contribution >= 0.6 is 34.2 Å². The summed E-state index contributed by atoms with van der Waals surface area (Å²) in [4.78, 5) is 9.19. The Bertz CT molecular complexity index is 420. The van der Waals surface area contributed by atoms with Crippen molar-refractivity contribution in [1.82, 2.24) is 9.97 Å². The first-order valence-electron chi connectivity index (χ1n) is 6.93. The number of ether oxygens (including phenoxy) is 1. The number of halogens is 2. The molecule has 1 aliphatic carbocycles. The van der Waals surface area contributed by atoms with Crippen LogP contribution in [0.25, 0.3) is 0 Å². The van der Waals surface area contributed by atoms with Crippen LogP contribution in [0.3, 0.4) is 0 Å². The summed E-state index contributed by atoms with van der Waals surface area (Å²) in [6.07, 6.45) is 8.95. The highest BCUT2D eigenvalue weighted by atomic mass is 127. The molecule has 1 heterocycles. The van der Waals surface area contributed by atoms with Gasteiger partial charge in [-0.3, -0.25) is 0 Å². The van der Waals surface area contributed by atoms with Gasteiger partial charge in [-0.1, -0.05) is 43.7 Å². The fourth-order valence-electron chi connectivity index (χ4n) is 2.61. The number of hydrogen-bond donors (Lipinski definition) is 0. The molecule has 0 N–H and O–H groups in total. The molecule has 1 aromatic heterocycles. The van der Waals surface area contributed by atoms with E-state index in [0.29, 0.717) is 17.7 Å². The molecule has 0 unspecified atom stereocenters. The number of nitrogens with zero attached hydrogens (tertiary/aromatic N) is 2. The minimum atomic E-state index is 0.463. The summed E-state index contributed by atoms with van der Waals surface area (Å²) in [5.41, 5.74) is 0.917. The Morgan fingerprint density at radius 1 is 1.16 bits per heavy atom. The molecule has 1 aromatic rings. The predicted molar refractivity (Wildman–Crippen MR) is 85.5 cm³/mol.